The highest BCUT2D eigenvalue weighted by Crippen LogP contribution is 2.31. The molecule has 0 atom stereocenters. The lowest BCUT2D eigenvalue weighted by Crippen LogP contribution is -2.47. The standard InChI is InChI=1S/C16H27N3O2/c1-7-17-15(19-16(2,3)4)18-11-12-9-8-10-13(20-5)14(12)21-6/h8-10H,7,11H2,1-6H3,(H2,17,18,19). The van der Waals surface area contributed by atoms with Crippen molar-refractivity contribution < 1.29 is 9.47 Å². The summed E-state index contributed by atoms with van der Waals surface area (Å²) in [5.74, 6) is 2.24. The topological polar surface area (TPSA) is 54.9 Å². The molecule has 1 aromatic rings. The molecule has 2 N–H and O–H groups in total. The average Bonchev–Trinajstić information content (AvgIpc) is 2.42. The minimum atomic E-state index is -0.0422. The van der Waals surface area contributed by atoms with Gasteiger partial charge in [0.25, 0.3) is 0 Å². The van der Waals surface area contributed by atoms with Crippen LogP contribution in [0.3, 0.4) is 0 Å². The molecular formula is C16H27N3O2. The van der Waals surface area contributed by atoms with Crippen molar-refractivity contribution in [3.05, 3.63) is 23.8 Å². The summed E-state index contributed by atoms with van der Waals surface area (Å²) in [6.45, 7) is 9.69. The van der Waals surface area contributed by atoms with Crippen LogP contribution in [0.1, 0.15) is 33.3 Å². The molecule has 118 valence electrons. The number of ether oxygens (including phenoxy) is 2. The summed E-state index contributed by atoms with van der Waals surface area (Å²) in [5.41, 5.74) is 0.947. The molecule has 0 unspecified atom stereocenters. The van der Waals surface area contributed by atoms with Crippen molar-refractivity contribution in [3.8, 4) is 11.5 Å². The number of hydrogen-bond donors (Lipinski definition) is 2. The van der Waals surface area contributed by atoms with Gasteiger partial charge in [-0.05, 0) is 33.8 Å². The van der Waals surface area contributed by atoms with Crippen molar-refractivity contribution in [1.29, 1.82) is 0 Å². The number of nitrogens with one attached hydrogen (secondary N) is 2. The summed E-state index contributed by atoms with van der Waals surface area (Å²) in [6, 6.07) is 5.81. The van der Waals surface area contributed by atoms with Gasteiger partial charge in [0.05, 0.1) is 20.8 Å². The van der Waals surface area contributed by atoms with Gasteiger partial charge in [0, 0.05) is 17.6 Å². The van der Waals surface area contributed by atoms with Crippen LogP contribution in [0.25, 0.3) is 0 Å². The quantitative estimate of drug-likeness (QED) is 0.647. The molecule has 0 spiro atoms. The number of hydrogen-bond acceptors (Lipinski definition) is 3. The minimum absolute atomic E-state index is 0.0422. The van der Waals surface area contributed by atoms with Crippen molar-refractivity contribution in [3.63, 3.8) is 0 Å². The highest BCUT2D eigenvalue weighted by atomic mass is 16.5. The normalized spacial score (nSPS) is 12.0. The Labute approximate surface area is 127 Å². The highest BCUT2D eigenvalue weighted by molar-refractivity contribution is 5.80. The maximum Gasteiger partial charge on any atom is 0.191 e. The molecule has 0 aliphatic rings. The Balaban J connectivity index is 2.94. The van der Waals surface area contributed by atoms with Crippen molar-refractivity contribution in [2.24, 2.45) is 4.99 Å². The second-order valence-electron chi connectivity index (χ2n) is 5.72. The number of guanidine groups is 1. The minimum Gasteiger partial charge on any atom is -0.493 e. The molecule has 0 heterocycles. The largest absolute Gasteiger partial charge is 0.493 e. The zero-order valence-electron chi connectivity index (χ0n) is 13.9. The first-order valence-electron chi connectivity index (χ1n) is 7.17. The molecule has 21 heavy (non-hydrogen) atoms. The number of aliphatic imine (C=N–C) groups is 1. The first-order chi connectivity index (χ1) is 9.91. The van der Waals surface area contributed by atoms with Crippen molar-refractivity contribution in [1.82, 2.24) is 10.6 Å². The fraction of sp³-hybridized carbons (Fsp3) is 0.562. The van der Waals surface area contributed by atoms with Crippen LogP contribution in [0, 0.1) is 0 Å². The monoisotopic (exact) mass is 293 g/mol. The Hall–Kier alpha value is -1.91. The fourth-order valence-electron chi connectivity index (χ4n) is 1.90. The van der Waals surface area contributed by atoms with Gasteiger partial charge >= 0.3 is 0 Å². The third kappa shape index (κ3) is 5.53. The molecule has 1 aromatic carbocycles. The van der Waals surface area contributed by atoms with Gasteiger partial charge in [-0.1, -0.05) is 12.1 Å². The number of benzene rings is 1. The van der Waals surface area contributed by atoms with Crippen LogP contribution < -0.4 is 20.1 Å². The van der Waals surface area contributed by atoms with Crippen LogP contribution in [0.2, 0.25) is 0 Å². The average molecular weight is 293 g/mol. The third-order valence-electron chi connectivity index (χ3n) is 2.73. The molecule has 0 aromatic heterocycles. The molecule has 0 aliphatic carbocycles. The van der Waals surface area contributed by atoms with Crippen molar-refractivity contribution in [2.75, 3.05) is 20.8 Å². The fourth-order valence-corrected chi connectivity index (χ4v) is 1.90. The predicted octanol–water partition coefficient (Wildman–Crippen LogP) is 2.56. The summed E-state index contributed by atoms with van der Waals surface area (Å²) >= 11 is 0. The lowest BCUT2D eigenvalue weighted by atomic mass is 10.1. The first kappa shape index (κ1) is 17.1. The number of rotatable bonds is 5. The molecular weight excluding hydrogens is 266 g/mol. The number of methoxy groups -OCH3 is 2. The Morgan fingerprint density at radius 2 is 1.90 bits per heavy atom. The second-order valence-corrected chi connectivity index (χ2v) is 5.72. The molecule has 0 saturated heterocycles. The Kier molecular flexibility index (Phi) is 6.34. The van der Waals surface area contributed by atoms with E-state index in [9.17, 15) is 0 Å². The lowest BCUT2D eigenvalue weighted by Gasteiger charge is -2.23. The molecule has 0 fully saturated rings. The van der Waals surface area contributed by atoms with Crippen LogP contribution in [0.15, 0.2) is 23.2 Å². The highest BCUT2D eigenvalue weighted by Gasteiger charge is 2.13. The van der Waals surface area contributed by atoms with E-state index in [-0.39, 0.29) is 5.54 Å². The Morgan fingerprint density at radius 3 is 2.43 bits per heavy atom. The van der Waals surface area contributed by atoms with E-state index in [1.807, 2.05) is 25.1 Å². The maximum atomic E-state index is 5.43. The summed E-state index contributed by atoms with van der Waals surface area (Å²) < 4.78 is 10.7. The van der Waals surface area contributed by atoms with Gasteiger partial charge in [0.1, 0.15) is 0 Å². The van der Waals surface area contributed by atoms with Gasteiger partial charge in [-0.2, -0.15) is 0 Å². The smallest absolute Gasteiger partial charge is 0.191 e. The van der Waals surface area contributed by atoms with E-state index >= 15 is 0 Å². The Bertz CT molecular complexity index is 479. The molecule has 5 nitrogen and oxygen atoms in total. The molecule has 0 amide bonds. The number of nitrogens with zero attached hydrogens (tertiary/aromatic N) is 1. The maximum absolute atomic E-state index is 5.43. The van der Waals surface area contributed by atoms with Gasteiger partial charge in [0.15, 0.2) is 17.5 Å². The Morgan fingerprint density at radius 1 is 1.19 bits per heavy atom. The van der Waals surface area contributed by atoms with Gasteiger partial charge in [-0.15, -0.1) is 0 Å². The number of para-hydroxylation sites is 1. The molecule has 5 heteroatoms. The zero-order valence-corrected chi connectivity index (χ0v) is 13.9. The van der Waals surface area contributed by atoms with E-state index in [1.54, 1.807) is 14.2 Å². The van der Waals surface area contributed by atoms with Crippen LogP contribution >= 0.6 is 0 Å². The van der Waals surface area contributed by atoms with E-state index in [4.69, 9.17) is 9.47 Å². The third-order valence-corrected chi connectivity index (χ3v) is 2.73. The molecule has 0 bridgehead atoms. The van der Waals surface area contributed by atoms with Crippen molar-refractivity contribution >= 4 is 5.96 Å². The summed E-state index contributed by atoms with van der Waals surface area (Å²) in [6.07, 6.45) is 0. The van der Waals surface area contributed by atoms with Gasteiger partial charge in [-0.3, -0.25) is 0 Å². The summed E-state index contributed by atoms with van der Waals surface area (Å²) in [7, 11) is 3.28. The summed E-state index contributed by atoms with van der Waals surface area (Å²) in [4.78, 5) is 4.61. The molecule has 0 aliphatic heterocycles. The SMILES string of the molecule is CCNC(=NCc1cccc(OC)c1OC)NC(C)(C)C. The molecule has 0 saturated carbocycles. The first-order valence-corrected chi connectivity index (χ1v) is 7.17. The lowest BCUT2D eigenvalue weighted by molar-refractivity contribution is 0.352. The van der Waals surface area contributed by atoms with Crippen LogP contribution in [0.5, 0.6) is 11.5 Å². The zero-order chi connectivity index (χ0) is 15.9. The second kappa shape index (κ2) is 7.76. The van der Waals surface area contributed by atoms with Gasteiger partial charge in [0.2, 0.25) is 0 Å². The van der Waals surface area contributed by atoms with Crippen LogP contribution in [0.4, 0.5) is 0 Å². The van der Waals surface area contributed by atoms with E-state index < -0.39 is 0 Å². The van der Waals surface area contributed by atoms with Crippen LogP contribution in [-0.2, 0) is 6.54 Å². The molecule has 1 rings (SSSR count). The van der Waals surface area contributed by atoms with E-state index in [2.05, 4.69) is 36.4 Å². The predicted molar refractivity (Wildman–Crippen MR) is 87.3 cm³/mol. The van der Waals surface area contributed by atoms with Gasteiger partial charge < -0.3 is 20.1 Å². The van der Waals surface area contributed by atoms with E-state index in [0.29, 0.717) is 6.54 Å². The van der Waals surface area contributed by atoms with E-state index in [0.717, 1.165) is 29.6 Å². The van der Waals surface area contributed by atoms with Crippen LogP contribution in [-0.4, -0.2) is 32.3 Å². The summed E-state index contributed by atoms with van der Waals surface area (Å²) in [5, 5.41) is 6.60. The molecule has 0 radical (unpaired) electrons. The van der Waals surface area contributed by atoms with E-state index in [1.165, 1.54) is 0 Å². The van der Waals surface area contributed by atoms with Crippen molar-refractivity contribution in [2.45, 2.75) is 39.8 Å². The van der Waals surface area contributed by atoms with Gasteiger partial charge in [-0.25, -0.2) is 4.99 Å².